The standard InChI is InChI=1S/C16H19NO2/c1-12-5-6-14(4-3-9-18)15(10-12)16(19)17-8-7-13(2)11-17/h5-6,10,13,18H,7-9,11H2,1-2H3. The number of likely N-dealkylation sites (tertiary alicyclic amines) is 1. The molecule has 3 heteroatoms. The van der Waals surface area contributed by atoms with Crippen molar-refractivity contribution in [3.05, 3.63) is 34.9 Å². The zero-order valence-corrected chi connectivity index (χ0v) is 11.4. The lowest BCUT2D eigenvalue weighted by molar-refractivity contribution is 0.0787. The normalized spacial score (nSPS) is 18.1. The Morgan fingerprint density at radius 1 is 1.53 bits per heavy atom. The van der Waals surface area contributed by atoms with Crippen molar-refractivity contribution in [2.75, 3.05) is 19.7 Å². The average molecular weight is 257 g/mol. The predicted octanol–water partition coefficient (Wildman–Crippen LogP) is 1.82. The number of carbonyl (C=O) groups is 1. The fraction of sp³-hybridized carbons (Fsp3) is 0.438. The topological polar surface area (TPSA) is 40.5 Å². The number of benzene rings is 1. The molecule has 100 valence electrons. The molecule has 1 heterocycles. The van der Waals surface area contributed by atoms with Crippen LogP contribution in [0.1, 0.15) is 34.8 Å². The number of hydrogen-bond acceptors (Lipinski definition) is 2. The Balaban J connectivity index is 2.31. The third-order valence-electron chi connectivity index (χ3n) is 3.42. The molecule has 0 saturated carbocycles. The molecule has 1 saturated heterocycles. The summed E-state index contributed by atoms with van der Waals surface area (Å²) in [5, 5.41) is 8.79. The van der Waals surface area contributed by atoms with Crippen LogP contribution in [0.25, 0.3) is 0 Å². The molecule has 3 nitrogen and oxygen atoms in total. The number of rotatable bonds is 1. The molecule has 0 aliphatic carbocycles. The number of hydrogen-bond donors (Lipinski definition) is 1. The Labute approximate surface area is 114 Å². The molecule has 1 aromatic carbocycles. The lowest BCUT2D eigenvalue weighted by Crippen LogP contribution is -2.29. The van der Waals surface area contributed by atoms with Crippen molar-refractivity contribution in [2.45, 2.75) is 20.3 Å². The second-order valence-corrected chi connectivity index (χ2v) is 5.15. The van der Waals surface area contributed by atoms with E-state index in [-0.39, 0.29) is 12.5 Å². The van der Waals surface area contributed by atoms with Gasteiger partial charge in [0.1, 0.15) is 6.61 Å². The average Bonchev–Trinajstić information content (AvgIpc) is 2.83. The molecule has 0 radical (unpaired) electrons. The predicted molar refractivity (Wildman–Crippen MR) is 74.8 cm³/mol. The third-order valence-corrected chi connectivity index (χ3v) is 3.42. The zero-order chi connectivity index (χ0) is 13.8. The highest BCUT2D eigenvalue weighted by Crippen LogP contribution is 2.20. The minimum atomic E-state index is -0.192. The summed E-state index contributed by atoms with van der Waals surface area (Å²) in [5.41, 5.74) is 2.39. The van der Waals surface area contributed by atoms with Gasteiger partial charge in [-0.2, -0.15) is 0 Å². The number of aliphatic hydroxyl groups is 1. The second kappa shape index (κ2) is 5.90. The van der Waals surface area contributed by atoms with E-state index < -0.39 is 0 Å². The van der Waals surface area contributed by atoms with E-state index in [9.17, 15) is 4.79 Å². The van der Waals surface area contributed by atoms with Crippen LogP contribution in [0.15, 0.2) is 18.2 Å². The Morgan fingerprint density at radius 2 is 2.32 bits per heavy atom. The maximum absolute atomic E-state index is 12.5. The first-order chi connectivity index (χ1) is 9.11. The molecule has 1 aliphatic heterocycles. The largest absolute Gasteiger partial charge is 0.384 e. The zero-order valence-electron chi connectivity index (χ0n) is 11.4. The third kappa shape index (κ3) is 3.15. The molecule has 1 aliphatic rings. The van der Waals surface area contributed by atoms with E-state index in [1.807, 2.05) is 30.0 Å². The number of nitrogens with zero attached hydrogens (tertiary/aromatic N) is 1. The smallest absolute Gasteiger partial charge is 0.255 e. The van der Waals surface area contributed by atoms with Gasteiger partial charge in [-0.15, -0.1) is 0 Å². The Kier molecular flexibility index (Phi) is 4.24. The fourth-order valence-corrected chi connectivity index (χ4v) is 2.37. The monoisotopic (exact) mass is 257 g/mol. The summed E-state index contributed by atoms with van der Waals surface area (Å²) >= 11 is 0. The summed E-state index contributed by atoms with van der Waals surface area (Å²) in [4.78, 5) is 14.4. The summed E-state index contributed by atoms with van der Waals surface area (Å²) in [6.45, 7) is 5.57. The van der Waals surface area contributed by atoms with Crippen molar-refractivity contribution >= 4 is 5.91 Å². The molecule has 1 aromatic rings. The molecule has 1 unspecified atom stereocenters. The number of aliphatic hydroxyl groups excluding tert-OH is 1. The molecule has 0 spiro atoms. The Hall–Kier alpha value is -1.79. The van der Waals surface area contributed by atoms with Crippen molar-refractivity contribution in [3.63, 3.8) is 0 Å². The second-order valence-electron chi connectivity index (χ2n) is 5.15. The van der Waals surface area contributed by atoms with Gasteiger partial charge in [-0.05, 0) is 31.4 Å². The molecule has 2 rings (SSSR count). The minimum Gasteiger partial charge on any atom is -0.384 e. The van der Waals surface area contributed by atoms with Crippen LogP contribution < -0.4 is 0 Å². The summed E-state index contributed by atoms with van der Waals surface area (Å²) in [5.74, 6) is 6.09. The molecule has 1 amide bonds. The number of aryl methyl sites for hydroxylation is 1. The van der Waals surface area contributed by atoms with Crippen LogP contribution in [0.4, 0.5) is 0 Å². The number of carbonyl (C=O) groups excluding carboxylic acids is 1. The maximum atomic E-state index is 12.5. The molecule has 0 bridgehead atoms. The van der Waals surface area contributed by atoms with Gasteiger partial charge < -0.3 is 10.0 Å². The van der Waals surface area contributed by atoms with Gasteiger partial charge in [0.2, 0.25) is 0 Å². The molecular weight excluding hydrogens is 238 g/mol. The van der Waals surface area contributed by atoms with E-state index in [0.717, 1.165) is 25.1 Å². The van der Waals surface area contributed by atoms with Crippen LogP contribution in [-0.2, 0) is 0 Å². The van der Waals surface area contributed by atoms with E-state index in [1.165, 1.54) is 0 Å². The molecule has 19 heavy (non-hydrogen) atoms. The van der Waals surface area contributed by atoms with Gasteiger partial charge in [-0.25, -0.2) is 0 Å². The van der Waals surface area contributed by atoms with Crippen LogP contribution in [0.2, 0.25) is 0 Å². The molecule has 0 aromatic heterocycles. The number of amides is 1. The highest BCUT2D eigenvalue weighted by molar-refractivity contribution is 5.97. The summed E-state index contributed by atoms with van der Waals surface area (Å²) < 4.78 is 0. The van der Waals surface area contributed by atoms with Crippen molar-refractivity contribution < 1.29 is 9.90 Å². The lowest BCUT2D eigenvalue weighted by atomic mass is 10.0. The van der Waals surface area contributed by atoms with E-state index in [1.54, 1.807) is 0 Å². The summed E-state index contributed by atoms with van der Waals surface area (Å²) in [6.07, 6.45) is 1.06. The highest BCUT2D eigenvalue weighted by atomic mass is 16.2. The van der Waals surface area contributed by atoms with Crippen LogP contribution in [0, 0.1) is 24.7 Å². The first kappa shape index (κ1) is 13.6. The van der Waals surface area contributed by atoms with Gasteiger partial charge in [-0.3, -0.25) is 4.79 Å². The van der Waals surface area contributed by atoms with Crippen LogP contribution in [-0.4, -0.2) is 35.6 Å². The first-order valence-electron chi connectivity index (χ1n) is 6.61. The first-order valence-corrected chi connectivity index (χ1v) is 6.61. The van der Waals surface area contributed by atoms with E-state index in [0.29, 0.717) is 17.0 Å². The molecule has 1 N–H and O–H groups in total. The molecule has 1 fully saturated rings. The van der Waals surface area contributed by atoms with Gasteiger partial charge in [0.05, 0.1) is 5.56 Å². The van der Waals surface area contributed by atoms with Crippen molar-refractivity contribution in [1.82, 2.24) is 4.90 Å². The lowest BCUT2D eigenvalue weighted by Gasteiger charge is -2.17. The van der Waals surface area contributed by atoms with E-state index in [2.05, 4.69) is 18.8 Å². The van der Waals surface area contributed by atoms with Crippen LogP contribution >= 0.6 is 0 Å². The van der Waals surface area contributed by atoms with E-state index >= 15 is 0 Å². The fourth-order valence-electron chi connectivity index (χ4n) is 2.37. The maximum Gasteiger partial charge on any atom is 0.255 e. The van der Waals surface area contributed by atoms with Gasteiger partial charge in [0.15, 0.2) is 0 Å². The Morgan fingerprint density at radius 3 is 2.95 bits per heavy atom. The minimum absolute atomic E-state index is 0.0512. The SMILES string of the molecule is Cc1ccc(C#CCO)c(C(=O)N2CCC(C)C2)c1. The molecular formula is C16H19NO2. The Bertz CT molecular complexity index is 539. The van der Waals surface area contributed by atoms with Gasteiger partial charge in [-0.1, -0.05) is 30.4 Å². The van der Waals surface area contributed by atoms with Crippen LogP contribution in [0.3, 0.4) is 0 Å². The van der Waals surface area contributed by atoms with Crippen molar-refractivity contribution in [3.8, 4) is 11.8 Å². The van der Waals surface area contributed by atoms with Crippen molar-refractivity contribution in [2.24, 2.45) is 5.92 Å². The summed E-state index contributed by atoms with van der Waals surface area (Å²) in [6, 6.07) is 5.67. The quantitative estimate of drug-likeness (QED) is 0.780. The van der Waals surface area contributed by atoms with Gasteiger partial charge >= 0.3 is 0 Å². The highest BCUT2D eigenvalue weighted by Gasteiger charge is 2.25. The van der Waals surface area contributed by atoms with E-state index in [4.69, 9.17) is 5.11 Å². The van der Waals surface area contributed by atoms with Crippen molar-refractivity contribution in [1.29, 1.82) is 0 Å². The molecule has 1 atom stereocenters. The summed E-state index contributed by atoms with van der Waals surface area (Å²) in [7, 11) is 0. The van der Waals surface area contributed by atoms with Crippen LogP contribution in [0.5, 0.6) is 0 Å². The van der Waals surface area contributed by atoms with Gasteiger partial charge in [0.25, 0.3) is 5.91 Å². The van der Waals surface area contributed by atoms with Gasteiger partial charge in [0, 0.05) is 18.7 Å².